The molecule has 13 heteroatoms. The molecule has 2 heterocycles. The standard InChI is InChI=1S/C26H32B2FN5O5/c1-32(2)21(35)8-5-11-26(27,28)22(39-25(38)33(3)4)23(36)31-20-7-6-12-34(24(20)37)15-18-14-16-13-17(29)9-10-19(16)30-18/h5-10,12-14,22,30H,11,15,27-28H2,1-4H3,(H,31,36)/b8-5+. The van der Waals surface area contributed by atoms with E-state index in [0.717, 1.165) is 5.52 Å². The second kappa shape index (κ2) is 12.1. The number of anilines is 1. The van der Waals surface area contributed by atoms with E-state index in [1.165, 1.54) is 52.7 Å². The van der Waals surface area contributed by atoms with Crippen molar-refractivity contribution >= 4 is 50.2 Å². The lowest BCUT2D eigenvalue weighted by atomic mass is 9.49. The highest BCUT2D eigenvalue weighted by Gasteiger charge is 2.38. The lowest BCUT2D eigenvalue weighted by Crippen LogP contribution is -2.45. The fourth-order valence-electron chi connectivity index (χ4n) is 3.88. The number of pyridine rings is 1. The number of ether oxygens (including phenoxy) is 1. The average molecular weight is 535 g/mol. The summed E-state index contributed by atoms with van der Waals surface area (Å²) in [7, 11) is 9.69. The molecule has 10 nitrogen and oxygen atoms in total. The van der Waals surface area contributed by atoms with Gasteiger partial charge < -0.3 is 29.4 Å². The second-order valence-corrected chi connectivity index (χ2v) is 10.4. The van der Waals surface area contributed by atoms with Crippen LogP contribution in [0.15, 0.2) is 59.5 Å². The van der Waals surface area contributed by atoms with Crippen molar-refractivity contribution in [3.63, 3.8) is 0 Å². The Balaban J connectivity index is 1.84. The van der Waals surface area contributed by atoms with Crippen LogP contribution in [0.1, 0.15) is 12.1 Å². The Kier molecular flexibility index (Phi) is 9.05. The Hall–Kier alpha value is -4.28. The minimum Gasteiger partial charge on any atom is -0.437 e. The first-order chi connectivity index (χ1) is 18.3. The van der Waals surface area contributed by atoms with Crippen molar-refractivity contribution in [2.45, 2.75) is 24.3 Å². The minimum atomic E-state index is -1.27. The maximum absolute atomic E-state index is 13.6. The van der Waals surface area contributed by atoms with Crippen LogP contribution >= 0.6 is 0 Å². The maximum atomic E-state index is 13.6. The highest BCUT2D eigenvalue weighted by atomic mass is 19.1. The third-order valence-electron chi connectivity index (χ3n) is 6.13. The number of aromatic amines is 1. The summed E-state index contributed by atoms with van der Waals surface area (Å²) in [5.41, 5.74) is 0.949. The van der Waals surface area contributed by atoms with Gasteiger partial charge in [-0.3, -0.25) is 14.4 Å². The van der Waals surface area contributed by atoms with Crippen molar-refractivity contribution in [2.75, 3.05) is 33.5 Å². The van der Waals surface area contributed by atoms with Crippen molar-refractivity contribution in [2.24, 2.45) is 0 Å². The third kappa shape index (κ3) is 7.40. The van der Waals surface area contributed by atoms with E-state index in [1.54, 1.807) is 60.3 Å². The molecule has 1 aromatic carbocycles. The third-order valence-corrected chi connectivity index (χ3v) is 6.13. The number of hydrogen-bond donors (Lipinski definition) is 2. The van der Waals surface area contributed by atoms with E-state index < -0.39 is 28.9 Å². The molecule has 1 unspecified atom stereocenters. The van der Waals surface area contributed by atoms with Crippen LogP contribution in [-0.2, 0) is 20.9 Å². The summed E-state index contributed by atoms with van der Waals surface area (Å²) >= 11 is 0. The average Bonchev–Trinajstić information content (AvgIpc) is 3.25. The number of fused-ring (bicyclic) bond motifs is 1. The zero-order valence-electron chi connectivity index (χ0n) is 22.9. The minimum absolute atomic E-state index is 0.00434. The first-order valence-corrected chi connectivity index (χ1v) is 12.3. The molecular formula is C26H32B2FN5O5. The smallest absolute Gasteiger partial charge is 0.409 e. The number of benzene rings is 1. The Morgan fingerprint density at radius 1 is 1.15 bits per heavy atom. The van der Waals surface area contributed by atoms with Gasteiger partial charge >= 0.3 is 6.09 Å². The molecule has 204 valence electrons. The Labute approximate surface area is 227 Å². The van der Waals surface area contributed by atoms with Gasteiger partial charge in [-0.15, -0.1) is 0 Å². The van der Waals surface area contributed by atoms with Gasteiger partial charge in [0.25, 0.3) is 11.5 Å². The molecule has 0 spiro atoms. The highest BCUT2D eigenvalue weighted by Crippen LogP contribution is 2.31. The highest BCUT2D eigenvalue weighted by molar-refractivity contribution is 6.42. The normalized spacial score (nSPS) is 12.3. The monoisotopic (exact) mass is 535 g/mol. The van der Waals surface area contributed by atoms with E-state index in [-0.39, 0.29) is 30.4 Å². The van der Waals surface area contributed by atoms with Crippen molar-refractivity contribution < 1.29 is 23.5 Å². The van der Waals surface area contributed by atoms with Gasteiger partial charge in [-0.2, -0.15) is 0 Å². The molecule has 3 aromatic rings. The predicted molar refractivity (Wildman–Crippen MR) is 153 cm³/mol. The van der Waals surface area contributed by atoms with Gasteiger partial charge in [0.1, 0.15) is 27.2 Å². The number of carbonyl (C=O) groups excluding carboxylic acids is 3. The predicted octanol–water partition coefficient (Wildman–Crippen LogP) is 0.939. The topological polar surface area (TPSA) is 117 Å². The van der Waals surface area contributed by atoms with Crippen LogP contribution in [0.25, 0.3) is 10.9 Å². The van der Waals surface area contributed by atoms with Crippen molar-refractivity contribution in [1.29, 1.82) is 0 Å². The number of amides is 3. The molecule has 3 rings (SSSR count). The molecule has 0 fully saturated rings. The van der Waals surface area contributed by atoms with Gasteiger partial charge in [0.15, 0.2) is 6.10 Å². The number of aromatic nitrogens is 2. The molecule has 2 N–H and O–H groups in total. The summed E-state index contributed by atoms with van der Waals surface area (Å²) in [5.74, 6) is -1.26. The van der Waals surface area contributed by atoms with Gasteiger partial charge in [0.2, 0.25) is 5.91 Å². The first kappa shape index (κ1) is 29.3. The molecule has 1 atom stereocenters. The second-order valence-electron chi connectivity index (χ2n) is 10.4. The molecule has 0 saturated carbocycles. The molecule has 39 heavy (non-hydrogen) atoms. The fourth-order valence-corrected chi connectivity index (χ4v) is 3.88. The quantitative estimate of drug-likeness (QED) is 0.313. The molecule has 0 aliphatic carbocycles. The zero-order chi connectivity index (χ0) is 28.9. The summed E-state index contributed by atoms with van der Waals surface area (Å²) in [5, 5.41) is 2.36. The number of hydrogen-bond acceptors (Lipinski definition) is 5. The van der Waals surface area contributed by atoms with Crippen LogP contribution < -0.4 is 10.9 Å². The summed E-state index contributed by atoms with van der Waals surface area (Å²) in [6.45, 7) is 0.161. The van der Waals surface area contributed by atoms with Crippen LogP contribution in [-0.4, -0.2) is 87.2 Å². The van der Waals surface area contributed by atoms with Crippen LogP contribution in [0.5, 0.6) is 0 Å². The zero-order valence-corrected chi connectivity index (χ0v) is 22.9. The molecule has 0 radical (unpaired) electrons. The lowest BCUT2D eigenvalue weighted by Gasteiger charge is -2.32. The largest absolute Gasteiger partial charge is 0.437 e. The Bertz CT molecular complexity index is 1460. The molecule has 3 amide bonds. The number of likely N-dealkylation sites (N-methyl/N-ethyl adjacent to an activating group) is 1. The SMILES string of the molecule is BC(B)(C/C=C/C(=O)N(C)C)C(OC(=O)N(C)C)C(=O)Nc1cccn(Cc2cc3cc(F)ccc3[nH]2)c1=O. The summed E-state index contributed by atoms with van der Waals surface area (Å²) in [6.07, 6.45) is 2.82. The van der Waals surface area contributed by atoms with E-state index in [1.807, 2.05) is 0 Å². The van der Waals surface area contributed by atoms with Crippen molar-refractivity contribution in [1.82, 2.24) is 19.4 Å². The number of nitrogens with zero attached hydrogens (tertiary/aromatic N) is 3. The number of allylic oxidation sites excluding steroid dienone is 1. The summed E-state index contributed by atoms with van der Waals surface area (Å²) < 4.78 is 20.5. The van der Waals surface area contributed by atoms with Crippen molar-refractivity contribution in [3.05, 3.63) is 76.6 Å². The summed E-state index contributed by atoms with van der Waals surface area (Å²) in [4.78, 5) is 56.7. The van der Waals surface area contributed by atoms with Crippen LogP contribution in [0.4, 0.5) is 14.9 Å². The van der Waals surface area contributed by atoms with Crippen LogP contribution in [0, 0.1) is 5.82 Å². The fraction of sp³-hybridized carbons (Fsp3) is 0.308. The molecule has 0 aliphatic heterocycles. The first-order valence-electron chi connectivity index (χ1n) is 12.3. The number of carbonyl (C=O) groups is 3. The summed E-state index contributed by atoms with van der Waals surface area (Å²) in [6, 6.07) is 9.20. The number of nitrogens with one attached hydrogen (secondary N) is 2. The maximum Gasteiger partial charge on any atom is 0.409 e. The van der Waals surface area contributed by atoms with E-state index in [9.17, 15) is 23.6 Å². The van der Waals surface area contributed by atoms with Gasteiger partial charge in [-0.25, -0.2) is 9.18 Å². The molecule has 0 saturated heterocycles. The molecule has 0 bridgehead atoms. The van der Waals surface area contributed by atoms with Crippen LogP contribution in [0.2, 0.25) is 5.21 Å². The van der Waals surface area contributed by atoms with Gasteiger partial charge in [0, 0.05) is 51.0 Å². The van der Waals surface area contributed by atoms with E-state index in [4.69, 9.17) is 4.74 Å². The number of rotatable bonds is 9. The van der Waals surface area contributed by atoms with Gasteiger partial charge in [0.05, 0.1) is 6.54 Å². The van der Waals surface area contributed by atoms with E-state index >= 15 is 0 Å². The lowest BCUT2D eigenvalue weighted by molar-refractivity contribution is -0.125. The van der Waals surface area contributed by atoms with E-state index in [2.05, 4.69) is 10.3 Å². The van der Waals surface area contributed by atoms with Crippen molar-refractivity contribution in [3.8, 4) is 0 Å². The Morgan fingerprint density at radius 2 is 1.87 bits per heavy atom. The molecular weight excluding hydrogens is 503 g/mol. The number of H-pyrrole nitrogens is 1. The van der Waals surface area contributed by atoms with Crippen LogP contribution in [0.3, 0.4) is 0 Å². The molecule has 2 aromatic heterocycles. The van der Waals surface area contributed by atoms with E-state index in [0.29, 0.717) is 11.1 Å². The number of halogens is 1. The van der Waals surface area contributed by atoms with Gasteiger partial charge in [-0.1, -0.05) is 6.08 Å². The Morgan fingerprint density at radius 3 is 2.54 bits per heavy atom. The van der Waals surface area contributed by atoms with Gasteiger partial charge in [-0.05, 0) is 54.1 Å². The molecule has 0 aliphatic rings.